The molecule has 3 aromatic carbocycles. The molecule has 2 heterocycles. The van der Waals surface area contributed by atoms with Gasteiger partial charge in [0.15, 0.2) is 0 Å². The molecule has 182 valence electrons. The summed E-state index contributed by atoms with van der Waals surface area (Å²) in [4.78, 5) is 22.8. The van der Waals surface area contributed by atoms with Gasteiger partial charge in [0.2, 0.25) is 0 Å². The third-order valence-corrected chi connectivity index (χ3v) is 6.59. The molecule has 4 aromatic rings. The van der Waals surface area contributed by atoms with Gasteiger partial charge in [-0.15, -0.1) is 0 Å². The maximum absolute atomic E-state index is 11.7. The van der Waals surface area contributed by atoms with E-state index in [1.807, 2.05) is 31.3 Å². The summed E-state index contributed by atoms with van der Waals surface area (Å²) in [6.07, 6.45) is 5.69. The Hall–Kier alpha value is -4.32. The standard InChI is InChI=1S/C30H30N4O2/c1-31-24-14-9-22(10-15-24)28-29(23-11-16-25(17-12-23)34-19-5-6-20-34)33-30(32-28)26-8-4-3-7-21(26)13-18-27(35)36-2/h3-4,7-18,31H,5-6,19-20H2,1-2H3,(H,32,33)/b18-13+. The van der Waals surface area contributed by atoms with Crippen molar-refractivity contribution in [3.63, 3.8) is 0 Å². The first-order chi connectivity index (χ1) is 17.7. The highest BCUT2D eigenvalue weighted by Crippen LogP contribution is 2.35. The topological polar surface area (TPSA) is 70.2 Å². The number of aromatic amines is 1. The average Bonchev–Trinajstić information content (AvgIpc) is 3.63. The molecule has 1 saturated heterocycles. The summed E-state index contributed by atoms with van der Waals surface area (Å²) in [6.45, 7) is 2.23. The molecular formula is C30H30N4O2. The van der Waals surface area contributed by atoms with Crippen molar-refractivity contribution in [2.45, 2.75) is 12.8 Å². The van der Waals surface area contributed by atoms with Crippen molar-refractivity contribution in [1.29, 1.82) is 0 Å². The number of ether oxygens (including phenoxy) is 1. The molecule has 0 bridgehead atoms. The molecule has 0 saturated carbocycles. The summed E-state index contributed by atoms with van der Waals surface area (Å²) >= 11 is 0. The van der Waals surface area contributed by atoms with E-state index in [0.717, 1.165) is 58.2 Å². The maximum atomic E-state index is 11.7. The smallest absolute Gasteiger partial charge is 0.330 e. The zero-order valence-electron chi connectivity index (χ0n) is 20.6. The van der Waals surface area contributed by atoms with Crippen LogP contribution in [0.15, 0.2) is 78.9 Å². The fourth-order valence-electron chi connectivity index (χ4n) is 4.61. The Bertz CT molecular complexity index is 1370. The predicted molar refractivity (Wildman–Crippen MR) is 147 cm³/mol. The van der Waals surface area contributed by atoms with Gasteiger partial charge in [-0.1, -0.05) is 48.5 Å². The summed E-state index contributed by atoms with van der Waals surface area (Å²) in [7, 11) is 3.29. The minimum absolute atomic E-state index is 0.395. The van der Waals surface area contributed by atoms with Gasteiger partial charge in [-0.2, -0.15) is 0 Å². The van der Waals surface area contributed by atoms with Crippen molar-refractivity contribution >= 4 is 23.4 Å². The van der Waals surface area contributed by atoms with Crippen molar-refractivity contribution in [2.24, 2.45) is 0 Å². The van der Waals surface area contributed by atoms with E-state index in [1.165, 1.54) is 31.7 Å². The fraction of sp³-hybridized carbons (Fsp3) is 0.200. The van der Waals surface area contributed by atoms with E-state index in [2.05, 4.69) is 63.7 Å². The van der Waals surface area contributed by atoms with Crippen LogP contribution in [0.4, 0.5) is 11.4 Å². The lowest BCUT2D eigenvalue weighted by Gasteiger charge is -2.17. The lowest BCUT2D eigenvalue weighted by atomic mass is 10.0. The molecule has 0 aliphatic carbocycles. The third kappa shape index (κ3) is 4.89. The van der Waals surface area contributed by atoms with Gasteiger partial charge in [0.25, 0.3) is 0 Å². The number of esters is 1. The Kier molecular flexibility index (Phi) is 6.85. The number of imidazole rings is 1. The van der Waals surface area contributed by atoms with Gasteiger partial charge in [0, 0.05) is 54.3 Å². The summed E-state index contributed by atoms with van der Waals surface area (Å²) < 4.78 is 4.76. The van der Waals surface area contributed by atoms with Crippen molar-refractivity contribution in [1.82, 2.24) is 9.97 Å². The van der Waals surface area contributed by atoms with Crippen molar-refractivity contribution in [3.8, 4) is 33.9 Å². The summed E-state index contributed by atoms with van der Waals surface area (Å²) in [5.41, 5.74) is 8.04. The van der Waals surface area contributed by atoms with Crippen LogP contribution in [0.5, 0.6) is 0 Å². The molecule has 1 fully saturated rings. The van der Waals surface area contributed by atoms with E-state index >= 15 is 0 Å². The molecule has 2 N–H and O–H groups in total. The van der Waals surface area contributed by atoms with Crippen LogP contribution in [0.3, 0.4) is 0 Å². The van der Waals surface area contributed by atoms with Crippen LogP contribution in [0.2, 0.25) is 0 Å². The van der Waals surface area contributed by atoms with E-state index < -0.39 is 5.97 Å². The molecule has 0 atom stereocenters. The van der Waals surface area contributed by atoms with Crippen LogP contribution in [0.25, 0.3) is 40.0 Å². The molecule has 36 heavy (non-hydrogen) atoms. The molecule has 1 aliphatic heterocycles. The second-order valence-electron chi connectivity index (χ2n) is 8.82. The molecule has 0 amide bonds. The molecule has 6 heteroatoms. The van der Waals surface area contributed by atoms with Crippen molar-refractivity contribution in [2.75, 3.05) is 37.5 Å². The lowest BCUT2D eigenvalue weighted by Crippen LogP contribution is -2.17. The Morgan fingerprint density at radius 1 is 0.972 bits per heavy atom. The summed E-state index contributed by atoms with van der Waals surface area (Å²) in [6, 6.07) is 24.9. The van der Waals surface area contributed by atoms with Gasteiger partial charge in [0.05, 0.1) is 18.5 Å². The largest absolute Gasteiger partial charge is 0.466 e. The number of H-pyrrole nitrogens is 1. The number of hydrogen-bond acceptors (Lipinski definition) is 5. The number of nitrogens with zero attached hydrogens (tertiary/aromatic N) is 2. The number of aromatic nitrogens is 2. The molecular weight excluding hydrogens is 448 g/mol. The summed E-state index contributed by atoms with van der Waals surface area (Å²) in [5.74, 6) is 0.347. The van der Waals surface area contributed by atoms with Crippen LogP contribution < -0.4 is 10.2 Å². The Morgan fingerprint density at radius 3 is 2.36 bits per heavy atom. The normalized spacial score (nSPS) is 13.3. The molecule has 0 unspecified atom stereocenters. The first-order valence-corrected chi connectivity index (χ1v) is 12.3. The highest BCUT2D eigenvalue weighted by Gasteiger charge is 2.18. The second-order valence-corrected chi connectivity index (χ2v) is 8.82. The van der Waals surface area contributed by atoms with Crippen LogP contribution in [-0.2, 0) is 9.53 Å². The quantitative estimate of drug-likeness (QED) is 0.243. The molecule has 6 nitrogen and oxygen atoms in total. The molecule has 1 aromatic heterocycles. The predicted octanol–water partition coefficient (Wildman–Crippen LogP) is 6.24. The number of hydrogen-bond donors (Lipinski definition) is 2. The highest BCUT2D eigenvalue weighted by molar-refractivity contribution is 5.89. The Balaban J connectivity index is 1.59. The van der Waals surface area contributed by atoms with E-state index in [0.29, 0.717) is 0 Å². The van der Waals surface area contributed by atoms with Gasteiger partial charge in [-0.05, 0) is 48.7 Å². The van der Waals surface area contributed by atoms with Crippen LogP contribution >= 0.6 is 0 Å². The number of anilines is 2. The van der Waals surface area contributed by atoms with Crippen molar-refractivity contribution in [3.05, 3.63) is 84.4 Å². The Morgan fingerprint density at radius 2 is 1.67 bits per heavy atom. The van der Waals surface area contributed by atoms with E-state index in [9.17, 15) is 4.79 Å². The number of carbonyl (C=O) groups is 1. The van der Waals surface area contributed by atoms with Crippen molar-refractivity contribution < 1.29 is 9.53 Å². The number of methoxy groups -OCH3 is 1. The summed E-state index contributed by atoms with van der Waals surface area (Å²) in [5, 5.41) is 3.18. The molecule has 0 spiro atoms. The second kappa shape index (κ2) is 10.5. The highest BCUT2D eigenvalue weighted by atomic mass is 16.5. The molecule has 5 rings (SSSR count). The monoisotopic (exact) mass is 478 g/mol. The number of nitrogens with one attached hydrogen (secondary N) is 2. The van der Waals surface area contributed by atoms with E-state index in [4.69, 9.17) is 9.72 Å². The van der Waals surface area contributed by atoms with E-state index in [-0.39, 0.29) is 0 Å². The zero-order chi connectivity index (χ0) is 24.9. The first-order valence-electron chi connectivity index (χ1n) is 12.3. The van der Waals surface area contributed by atoms with Gasteiger partial charge < -0.3 is 19.9 Å². The van der Waals surface area contributed by atoms with Gasteiger partial charge in [-0.25, -0.2) is 9.78 Å². The molecule has 0 radical (unpaired) electrons. The van der Waals surface area contributed by atoms with E-state index in [1.54, 1.807) is 6.08 Å². The average molecular weight is 479 g/mol. The molecule has 1 aliphatic rings. The van der Waals surface area contributed by atoms with Gasteiger partial charge in [0.1, 0.15) is 5.82 Å². The minimum atomic E-state index is -0.395. The lowest BCUT2D eigenvalue weighted by molar-refractivity contribution is -0.134. The zero-order valence-corrected chi connectivity index (χ0v) is 20.6. The maximum Gasteiger partial charge on any atom is 0.330 e. The van der Waals surface area contributed by atoms with Crippen LogP contribution in [0, 0.1) is 0 Å². The van der Waals surface area contributed by atoms with Gasteiger partial charge >= 0.3 is 5.97 Å². The number of carbonyl (C=O) groups excluding carboxylic acids is 1. The van der Waals surface area contributed by atoms with Gasteiger partial charge in [-0.3, -0.25) is 0 Å². The van der Waals surface area contributed by atoms with Crippen LogP contribution in [0.1, 0.15) is 18.4 Å². The SMILES string of the molecule is CNc1ccc(-c2[nH]c(-c3ccccc3/C=C/C(=O)OC)nc2-c2ccc(N3CCCC3)cc2)cc1. The Labute approximate surface area is 211 Å². The minimum Gasteiger partial charge on any atom is -0.466 e. The first kappa shape index (κ1) is 23.4. The third-order valence-electron chi connectivity index (χ3n) is 6.59. The fourth-order valence-corrected chi connectivity index (χ4v) is 4.61. The number of benzene rings is 3. The number of rotatable bonds is 7. The van der Waals surface area contributed by atoms with Crippen LogP contribution in [-0.4, -0.2) is 43.2 Å².